The third-order valence-electron chi connectivity index (χ3n) is 3.11. The fraction of sp³-hybridized carbons (Fsp3) is 0.471. The Hall–Kier alpha value is -2.01. The number of unbranched alkanes of at least 4 members (excludes halogenated alkanes) is 3. The molecule has 0 heterocycles. The quantitative estimate of drug-likeness (QED) is 0.409. The molecule has 0 atom stereocenters. The summed E-state index contributed by atoms with van der Waals surface area (Å²) >= 11 is 0. The summed E-state index contributed by atoms with van der Waals surface area (Å²) in [5.41, 5.74) is 0.831. The molecule has 0 aliphatic rings. The molecule has 22 heavy (non-hydrogen) atoms. The minimum atomic E-state index is -0.401. The molecule has 1 aromatic rings. The van der Waals surface area contributed by atoms with Gasteiger partial charge < -0.3 is 19.3 Å². The van der Waals surface area contributed by atoms with Crippen molar-refractivity contribution in [1.82, 2.24) is 0 Å². The number of methoxy groups -OCH3 is 2. The van der Waals surface area contributed by atoms with Crippen LogP contribution in [0, 0.1) is 0 Å². The van der Waals surface area contributed by atoms with Crippen LogP contribution in [0.5, 0.6) is 11.5 Å². The molecule has 0 fully saturated rings. The van der Waals surface area contributed by atoms with Gasteiger partial charge in [-0.3, -0.25) is 0 Å². The first-order valence-corrected chi connectivity index (χ1v) is 7.39. The molecule has 0 bridgehead atoms. The molecule has 0 radical (unpaired) electrons. The summed E-state index contributed by atoms with van der Waals surface area (Å²) in [6, 6.07) is 5.48. The summed E-state index contributed by atoms with van der Waals surface area (Å²) < 4.78 is 15.6. The summed E-state index contributed by atoms with van der Waals surface area (Å²) in [6.07, 6.45) is 6.83. The maximum absolute atomic E-state index is 11.1. The van der Waals surface area contributed by atoms with Crippen molar-refractivity contribution >= 4 is 12.0 Å². The first-order valence-electron chi connectivity index (χ1n) is 7.39. The molecule has 0 aliphatic carbocycles. The van der Waals surface area contributed by atoms with Gasteiger partial charge in [0.25, 0.3) is 0 Å². The molecule has 0 spiro atoms. The number of hydrogen-bond acceptors (Lipinski definition) is 5. The van der Waals surface area contributed by atoms with Gasteiger partial charge in [0, 0.05) is 12.7 Å². The minimum absolute atomic E-state index is 0.245. The highest BCUT2D eigenvalue weighted by atomic mass is 16.5. The lowest BCUT2D eigenvalue weighted by molar-refractivity contribution is -0.134. The number of aliphatic hydroxyl groups is 1. The highest BCUT2D eigenvalue weighted by molar-refractivity contribution is 5.87. The van der Waals surface area contributed by atoms with E-state index in [1.807, 2.05) is 12.1 Å². The fourth-order valence-corrected chi connectivity index (χ4v) is 1.89. The average Bonchev–Trinajstić information content (AvgIpc) is 2.56. The van der Waals surface area contributed by atoms with Crippen molar-refractivity contribution < 1.29 is 24.1 Å². The lowest BCUT2D eigenvalue weighted by Crippen LogP contribution is -2.00. The maximum atomic E-state index is 11.1. The van der Waals surface area contributed by atoms with Crippen molar-refractivity contribution in [3.8, 4) is 11.5 Å². The van der Waals surface area contributed by atoms with E-state index in [-0.39, 0.29) is 6.61 Å². The van der Waals surface area contributed by atoms with E-state index in [1.54, 1.807) is 19.3 Å². The Morgan fingerprint density at radius 1 is 1.14 bits per heavy atom. The van der Waals surface area contributed by atoms with Crippen molar-refractivity contribution in [2.75, 3.05) is 27.4 Å². The molecular formula is C17H24O5. The van der Waals surface area contributed by atoms with Gasteiger partial charge in [0.1, 0.15) is 0 Å². The van der Waals surface area contributed by atoms with Gasteiger partial charge in [0.15, 0.2) is 11.5 Å². The lowest BCUT2D eigenvalue weighted by Gasteiger charge is -2.11. The van der Waals surface area contributed by atoms with Crippen molar-refractivity contribution in [2.24, 2.45) is 0 Å². The number of hydrogen-bond donors (Lipinski definition) is 1. The van der Waals surface area contributed by atoms with Crippen LogP contribution in [-0.2, 0) is 9.53 Å². The lowest BCUT2D eigenvalue weighted by atomic mass is 10.2. The summed E-state index contributed by atoms with van der Waals surface area (Å²) in [5, 5.41) is 8.71. The molecule has 0 aliphatic heterocycles. The predicted molar refractivity (Wildman–Crippen MR) is 85.1 cm³/mol. The molecule has 1 rings (SSSR count). The third-order valence-corrected chi connectivity index (χ3v) is 3.11. The minimum Gasteiger partial charge on any atom is -0.493 e. The van der Waals surface area contributed by atoms with Crippen molar-refractivity contribution in [2.45, 2.75) is 25.7 Å². The van der Waals surface area contributed by atoms with E-state index < -0.39 is 5.97 Å². The summed E-state index contributed by atoms with van der Waals surface area (Å²) in [4.78, 5) is 11.1. The molecule has 0 unspecified atom stereocenters. The Morgan fingerprint density at radius 3 is 2.59 bits per heavy atom. The molecule has 0 saturated carbocycles. The number of carbonyl (C=O) groups excluding carboxylic acids is 1. The molecule has 0 amide bonds. The van der Waals surface area contributed by atoms with Crippen LogP contribution >= 0.6 is 0 Å². The Labute approximate surface area is 131 Å². The van der Waals surface area contributed by atoms with Gasteiger partial charge in [-0.15, -0.1) is 0 Å². The van der Waals surface area contributed by atoms with Crippen LogP contribution in [-0.4, -0.2) is 38.5 Å². The average molecular weight is 308 g/mol. The second-order valence-electron chi connectivity index (χ2n) is 4.75. The highest BCUT2D eigenvalue weighted by Gasteiger charge is 2.05. The van der Waals surface area contributed by atoms with Crippen LogP contribution in [0.4, 0.5) is 0 Å². The number of benzene rings is 1. The number of ether oxygens (including phenoxy) is 3. The predicted octanol–water partition coefficient (Wildman–Crippen LogP) is 2.81. The van der Waals surface area contributed by atoms with E-state index in [1.165, 1.54) is 13.2 Å². The molecule has 122 valence electrons. The van der Waals surface area contributed by atoms with E-state index in [0.717, 1.165) is 31.2 Å². The van der Waals surface area contributed by atoms with Crippen molar-refractivity contribution in [1.29, 1.82) is 0 Å². The zero-order valence-electron chi connectivity index (χ0n) is 13.2. The molecule has 0 aromatic heterocycles. The second-order valence-corrected chi connectivity index (χ2v) is 4.75. The molecular weight excluding hydrogens is 284 g/mol. The Morgan fingerprint density at radius 2 is 1.91 bits per heavy atom. The smallest absolute Gasteiger partial charge is 0.330 e. The third kappa shape index (κ3) is 6.63. The Bertz CT molecular complexity index is 482. The van der Waals surface area contributed by atoms with E-state index in [4.69, 9.17) is 14.6 Å². The summed E-state index contributed by atoms with van der Waals surface area (Å²) in [5.74, 6) is 0.907. The SMILES string of the molecule is COC(=O)C=Cc1ccc(OCCCCCCO)c(OC)c1. The van der Waals surface area contributed by atoms with Gasteiger partial charge in [0.2, 0.25) is 0 Å². The van der Waals surface area contributed by atoms with Gasteiger partial charge in [-0.1, -0.05) is 12.5 Å². The topological polar surface area (TPSA) is 65.0 Å². The van der Waals surface area contributed by atoms with E-state index >= 15 is 0 Å². The van der Waals surface area contributed by atoms with Gasteiger partial charge in [-0.25, -0.2) is 4.79 Å². The Kier molecular flexibility index (Phi) is 8.76. The fourth-order valence-electron chi connectivity index (χ4n) is 1.89. The van der Waals surface area contributed by atoms with E-state index in [2.05, 4.69) is 4.74 Å². The van der Waals surface area contributed by atoms with Gasteiger partial charge >= 0.3 is 5.97 Å². The monoisotopic (exact) mass is 308 g/mol. The van der Waals surface area contributed by atoms with Gasteiger partial charge in [-0.05, 0) is 43.0 Å². The number of carbonyl (C=O) groups is 1. The zero-order chi connectivity index (χ0) is 16.2. The van der Waals surface area contributed by atoms with Crippen LogP contribution in [0.1, 0.15) is 31.2 Å². The normalized spacial score (nSPS) is 10.7. The van der Waals surface area contributed by atoms with E-state index in [9.17, 15) is 4.79 Å². The summed E-state index contributed by atoms with van der Waals surface area (Å²) in [7, 11) is 2.92. The van der Waals surface area contributed by atoms with Crippen LogP contribution in [0.3, 0.4) is 0 Å². The molecule has 5 nitrogen and oxygen atoms in total. The van der Waals surface area contributed by atoms with Crippen LogP contribution in [0.2, 0.25) is 0 Å². The van der Waals surface area contributed by atoms with Crippen molar-refractivity contribution in [3.63, 3.8) is 0 Å². The van der Waals surface area contributed by atoms with E-state index in [0.29, 0.717) is 18.1 Å². The van der Waals surface area contributed by atoms with Gasteiger partial charge in [0.05, 0.1) is 20.8 Å². The zero-order valence-corrected chi connectivity index (χ0v) is 13.2. The molecule has 0 saturated heterocycles. The Balaban J connectivity index is 2.54. The highest BCUT2D eigenvalue weighted by Crippen LogP contribution is 2.28. The first kappa shape index (κ1) is 18.0. The molecule has 5 heteroatoms. The van der Waals surface area contributed by atoms with Crippen LogP contribution in [0.25, 0.3) is 6.08 Å². The maximum Gasteiger partial charge on any atom is 0.330 e. The van der Waals surface area contributed by atoms with Crippen molar-refractivity contribution in [3.05, 3.63) is 29.8 Å². The largest absolute Gasteiger partial charge is 0.493 e. The van der Waals surface area contributed by atoms with Gasteiger partial charge in [-0.2, -0.15) is 0 Å². The molecule has 1 aromatic carbocycles. The number of rotatable bonds is 10. The first-order chi connectivity index (χ1) is 10.7. The standard InChI is InChI=1S/C17H24O5/c1-20-16-13-14(8-10-17(19)21-2)7-9-15(16)22-12-6-4-3-5-11-18/h7-10,13,18H,3-6,11-12H2,1-2H3. The second kappa shape index (κ2) is 10.7. The van der Waals surface area contributed by atoms with Crippen LogP contribution < -0.4 is 9.47 Å². The number of esters is 1. The molecule has 1 N–H and O–H groups in total. The van der Waals surface area contributed by atoms with Crippen LogP contribution in [0.15, 0.2) is 24.3 Å². The number of aliphatic hydroxyl groups excluding tert-OH is 1. The summed E-state index contributed by atoms with van der Waals surface area (Å²) in [6.45, 7) is 0.856.